The first-order chi connectivity index (χ1) is 11.5. The van der Waals surface area contributed by atoms with Crippen molar-refractivity contribution in [3.8, 4) is 5.69 Å². The van der Waals surface area contributed by atoms with E-state index in [1.807, 2.05) is 31.2 Å². The van der Waals surface area contributed by atoms with Crippen LogP contribution in [0.5, 0.6) is 0 Å². The Morgan fingerprint density at radius 1 is 1.21 bits per heavy atom. The van der Waals surface area contributed by atoms with Gasteiger partial charge in [-0.05, 0) is 37.0 Å². The average molecular weight is 331 g/mol. The summed E-state index contributed by atoms with van der Waals surface area (Å²) in [6.45, 7) is 5.97. The number of hydrogen-bond acceptors (Lipinski definition) is 4. The molecule has 0 saturated heterocycles. The van der Waals surface area contributed by atoms with Crippen molar-refractivity contribution in [1.82, 2.24) is 25.6 Å². The highest BCUT2D eigenvalue weighted by molar-refractivity contribution is 5.74. The minimum atomic E-state index is -0.275. The van der Waals surface area contributed by atoms with E-state index >= 15 is 0 Å². The average Bonchev–Trinajstić information content (AvgIpc) is 3.08. The molecular weight excluding hydrogens is 306 g/mol. The van der Waals surface area contributed by atoms with Gasteiger partial charge in [0.05, 0.1) is 36.8 Å². The minimum absolute atomic E-state index is 0.0629. The van der Waals surface area contributed by atoms with Crippen LogP contribution in [-0.2, 0) is 0 Å². The molecule has 1 aromatic heterocycles. The molecule has 2 atom stereocenters. The second kappa shape index (κ2) is 8.44. The maximum absolute atomic E-state index is 12.1. The number of hydrogen-bond donors (Lipinski definition) is 3. The number of nitrogens with zero attached hydrogens (tertiary/aromatic N) is 3. The topological polar surface area (TPSA) is 92.1 Å². The molecule has 1 heterocycles. The van der Waals surface area contributed by atoms with Crippen molar-refractivity contribution in [2.24, 2.45) is 5.92 Å². The maximum Gasteiger partial charge on any atom is 0.315 e. The van der Waals surface area contributed by atoms with Crippen LogP contribution in [0.3, 0.4) is 0 Å². The van der Waals surface area contributed by atoms with E-state index < -0.39 is 0 Å². The van der Waals surface area contributed by atoms with E-state index in [4.69, 9.17) is 0 Å². The highest BCUT2D eigenvalue weighted by Gasteiger charge is 2.15. The number of benzene rings is 1. The third-order valence-corrected chi connectivity index (χ3v) is 3.74. The molecule has 7 nitrogen and oxygen atoms in total. The molecule has 2 unspecified atom stereocenters. The molecule has 2 aromatic rings. The lowest BCUT2D eigenvalue weighted by molar-refractivity contribution is 0.205. The monoisotopic (exact) mass is 331 g/mol. The Morgan fingerprint density at radius 2 is 1.92 bits per heavy atom. The zero-order valence-corrected chi connectivity index (χ0v) is 14.3. The maximum atomic E-state index is 12.1. The Labute approximate surface area is 142 Å². The van der Waals surface area contributed by atoms with Crippen LogP contribution in [0, 0.1) is 5.92 Å². The number of amides is 2. The van der Waals surface area contributed by atoms with E-state index in [1.54, 1.807) is 17.1 Å². The summed E-state index contributed by atoms with van der Waals surface area (Å²) in [6.07, 6.45) is 4.13. The van der Waals surface area contributed by atoms with Gasteiger partial charge >= 0.3 is 6.03 Å². The number of rotatable bonds is 7. The molecule has 0 aliphatic carbocycles. The number of aliphatic hydroxyl groups excluding tert-OH is 1. The summed E-state index contributed by atoms with van der Waals surface area (Å²) in [7, 11) is 0. The normalized spacial score (nSPS) is 13.5. The van der Waals surface area contributed by atoms with Gasteiger partial charge in [0.15, 0.2) is 0 Å². The number of urea groups is 1. The molecule has 0 spiro atoms. The molecule has 130 valence electrons. The van der Waals surface area contributed by atoms with Gasteiger partial charge in [-0.15, -0.1) is 5.10 Å². The van der Waals surface area contributed by atoms with Crippen molar-refractivity contribution in [2.45, 2.75) is 39.3 Å². The molecular formula is C17H25N5O2. The number of aromatic nitrogens is 3. The molecule has 0 bridgehead atoms. The van der Waals surface area contributed by atoms with Crippen LogP contribution in [0.2, 0.25) is 0 Å². The molecule has 2 amide bonds. The molecule has 1 aromatic carbocycles. The molecule has 0 saturated carbocycles. The van der Waals surface area contributed by atoms with Crippen molar-refractivity contribution in [3.63, 3.8) is 0 Å². The van der Waals surface area contributed by atoms with Gasteiger partial charge in [-0.2, -0.15) is 0 Å². The highest BCUT2D eigenvalue weighted by atomic mass is 16.3. The first-order valence-electron chi connectivity index (χ1n) is 8.14. The highest BCUT2D eigenvalue weighted by Crippen LogP contribution is 2.15. The Kier molecular flexibility index (Phi) is 6.31. The SMILES string of the molecule is CC(C)CC(CO)NC(=O)NC(C)c1ccc(-n2ccnn2)cc1. The van der Waals surface area contributed by atoms with Crippen molar-refractivity contribution < 1.29 is 9.90 Å². The predicted octanol–water partition coefficient (Wildman–Crippen LogP) is 2.03. The van der Waals surface area contributed by atoms with Crippen molar-refractivity contribution in [3.05, 3.63) is 42.2 Å². The molecule has 2 rings (SSSR count). The van der Waals surface area contributed by atoms with Gasteiger partial charge < -0.3 is 15.7 Å². The first-order valence-corrected chi connectivity index (χ1v) is 8.14. The van der Waals surface area contributed by atoms with Gasteiger partial charge in [-0.25, -0.2) is 9.48 Å². The summed E-state index contributed by atoms with van der Waals surface area (Å²) < 4.78 is 1.67. The Balaban J connectivity index is 1.91. The van der Waals surface area contributed by atoms with Gasteiger partial charge in [-0.1, -0.05) is 31.2 Å². The third kappa shape index (κ3) is 5.06. The lowest BCUT2D eigenvalue weighted by Gasteiger charge is -2.21. The van der Waals surface area contributed by atoms with E-state index in [1.165, 1.54) is 0 Å². The van der Waals surface area contributed by atoms with Crippen LogP contribution in [-0.4, -0.2) is 38.8 Å². The Hall–Kier alpha value is -2.41. The summed E-state index contributed by atoms with van der Waals surface area (Å²) in [5.41, 5.74) is 1.89. The van der Waals surface area contributed by atoms with E-state index in [2.05, 4.69) is 34.8 Å². The fourth-order valence-corrected chi connectivity index (χ4v) is 2.52. The fraction of sp³-hybridized carbons (Fsp3) is 0.471. The van der Waals surface area contributed by atoms with Crippen LogP contribution >= 0.6 is 0 Å². The second-order valence-electron chi connectivity index (χ2n) is 6.29. The van der Waals surface area contributed by atoms with Crippen LogP contribution in [0.15, 0.2) is 36.7 Å². The van der Waals surface area contributed by atoms with Gasteiger partial charge in [0.1, 0.15) is 0 Å². The Morgan fingerprint density at radius 3 is 2.46 bits per heavy atom. The largest absolute Gasteiger partial charge is 0.394 e. The summed E-state index contributed by atoms with van der Waals surface area (Å²) >= 11 is 0. The lowest BCUT2D eigenvalue weighted by atomic mass is 10.0. The summed E-state index contributed by atoms with van der Waals surface area (Å²) in [5.74, 6) is 0.407. The van der Waals surface area contributed by atoms with Gasteiger partial charge in [0.2, 0.25) is 0 Å². The smallest absolute Gasteiger partial charge is 0.315 e. The van der Waals surface area contributed by atoms with E-state index in [0.29, 0.717) is 5.92 Å². The summed E-state index contributed by atoms with van der Waals surface area (Å²) in [6, 6.07) is 7.09. The van der Waals surface area contributed by atoms with E-state index in [-0.39, 0.29) is 24.7 Å². The molecule has 24 heavy (non-hydrogen) atoms. The quantitative estimate of drug-likeness (QED) is 0.724. The van der Waals surface area contributed by atoms with Gasteiger partial charge in [0.25, 0.3) is 0 Å². The molecule has 0 fully saturated rings. The van der Waals surface area contributed by atoms with Crippen molar-refractivity contribution in [1.29, 1.82) is 0 Å². The molecule has 3 N–H and O–H groups in total. The van der Waals surface area contributed by atoms with Crippen LogP contribution < -0.4 is 10.6 Å². The molecule has 0 aliphatic rings. The van der Waals surface area contributed by atoms with Crippen LogP contribution in [0.4, 0.5) is 4.79 Å². The zero-order valence-electron chi connectivity index (χ0n) is 14.3. The van der Waals surface area contributed by atoms with Crippen molar-refractivity contribution >= 4 is 6.03 Å². The van der Waals surface area contributed by atoms with E-state index in [0.717, 1.165) is 17.7 Å². The molecule has 0 radical (unpaired) electrons. The zero-order chi connectivity index (χ0) is 17.5. The minimum Gasteiger partial charge on any atom is -0.394 e. The standard InChI is InChI=1S/C17H25N5O2/c1-12(2)10-15(11-23)20-17(24)19-13(3)14-4-6-16(7-5-14)22-9-8-18-21-22/h4-9,12-13,15,23H,10-11H2,1-3H3,(H2,19,20,24). The van der Waals surface area contributed by atoms with Crippen LogP contribution in [0.25, 0.3) is 5.69 Å². The second-order valence-corrected chi connectivity index (χ2v) is 6.29. The van der Waals surface area contributed by atoms with Crippen LogP contribution in [0.1, 0.15) is 38.8 Å². The third-order valence-electron chi connectivity index (χ3n) is 3.74. The Bertz CT molecular complexity index is 625. The predicted molar refractivity (Wildman–Crippen MR) is 91.8 cm³/mol. The molecule has 0 aliphatic heterocycles. The van der Waals surface area contributed by atoms with Gasteiger partial charge in [0, 0.05) is 0 Å². The summed E-state index contributed by atoms with van der Waals surface area (Å²) in [5, 5.41) is 22.8. The van der Waals surface area contributed by atoms with Gasteiger partial charge in [-0.3, -0.25) is 0 Å². The number of aliphatic hydroxyl groups is 1. The lowest BCUT2D eigenvalue weighted by Crippen LogP contribution is -2.45. The number of carbonyl (C=O) groups is 1. The number of nitrogens with one attached hydrogen (secondary N) is 2. The molecule has 7 heteroatoms. The first kappa shape index (κ1) is 17.9. The summed E-state index contributed by atoms with van der Waals surface area (Å²) in [4.78, 5) is 12.1. The number of carbonyl (C=O) groups excluding carboxylic acids is 1. The van der Waals surface area contributed by atoms with Crippen molar-refractivity contribution in [2.75, 3.05) is 6.61 Å². The fourth-order valence-electron chi connectivity index (χ4n) is 2.52. The van der Waals surface area contributed by atoms with E-state index in [9.17, 15) is 9.90 Å².